The van der Waals surface area contributed by atoms with Gasteiger partial charge < -0.3 is 25.2 Å². The van der Waals surface area contributed by atoms with Crippen molar-refractivity contribution in [3.8, 4) is 5.75 Å². The maximum absolute atomic E-state index is 12.8. The summed E-state index contributed by atoms with van der Waals surface area (Å²) < 4.78 is 31.2. The van der Waals surface area contributed by atoms with Crippen LogP contribution < -0.4 is 20.3 Å². The van der Waals surface area contributed by atoms with Crippen molar-refractivity contribution >= 4 is 57.8 Å². The Morgan fingerprint density at radius 2 is 1.78 bits per heavy atom. The molecule has 3 N–H and O–H groups in total. The van der Waals surface area contributed by atoms with Gasteiger partial charge in [0.2, 0.25) is 5.95 Å². The highest BCUT2D eigenvalue weighted by Crippen LogP contribution is 2.52. The molecule has 13 heteroatoms. The second-order valence-electron chi connectivity index (χ2n) is 9.27. The molecule has 1 fully saturated rings. The van der Waals surface area contributed by atoms with Crippen LogP contribution in [0.3, 0.4) is 0 Å². The predicted octanol–water partition coefficient (Wildman–Crippen LogP) is 4.58. The highest BCUT2D eigenvalue weighted by molar-refractivity contribution is 7.92. The van der Waals surface area contributed by atoms with E-state index < -0.39 is 22.6 Å². The second-order valence-corrected chi connectivity index (χ2v) is 15.7. The molecule has 2 aromatic carbocycles. The van der Waals surface area contributed by atoms with Gasteiger partial charge in [-0.1, -0.05) is 23.7 Å². The van der Waals surface area contributed by atoms with E-state index in [1.54, 1.807) is 39.2 Å². The molecule has 1 aromatic heterocycles. The van der Waals surface area contributed by atoms with Gasteiger partial charge in [-0.15, -0.1) is 10.2 Å². The van der Waals surface area contributed by atoms with Gasteiger partial charge in [-0.2, -0.15) is 4.98 Å². The van der Waals surface area contributed by atoms with Gasteiger partial charge in [-0.25, -0.2) is 8.42 Å². The van der Waals surface area contributed by atoms with Crippen LogP contribution in [0.2, 0.25) is 5.15 Å². The smallest absolute Gasteiger partial charge is 0.249 e. The molecule has 0 spiro atoms. The maximum atomic E-state index is 12.8. The number of sulfone groups is 1. The van der Waals surface area contributed by atoms with Crippen molar-refractivity contribution in [1.29, 1.82) is 0 Å². The number of benzene rings is 2. The standard InChI is InChI=1S/C24H31ClN6O4PS/c1-16(2)37(33,34)21-8-6-5-7-19(21)26-23-22(25)29-30-24(28-23)27-18-10-9-17(15-20(18)35-3)31-11-13-36(4,32)14-12-31/h5-10,15-16,32H,11-14H2,1-4H3,(H2,26,27,28,30). The Morgan fingerprint density at radius 3 is 2.46 bits per heavy atom. The predicted molar refractivity (Wildman–Crippen MR) is 150 cm³/mol. The van der Waals surface area contributed by atoms with E-state index in [4.69, 9.17) is 16.3 Å². The summed E-state index contributed by atoms with van der Waals surface area (Å²) in [6.45, 7) is 6.82. The van der Waals surface area contributed by atoms with Crippen LogP contribution >= 0.6 is 19.1 Å². The second kappa shape index (κ2) is 10.9. The fourth-order valence-corrected chi connectivity index (χ4v) is 6.80. The van der Waals surface area contributed by atoms with E-state index in [0.717, 1.165) is 31.1 Å². The van der Waals surface area contributed by atoms with Crippen LogP contribution in [0.5, 0.6) is 5.75 Å². The monoisotopic (exact) mass is 565 g/mol. The van der Waals surface area contributed by atoms with Crippen LogP contribution in [0.25, 0.3) is 0 Å². The van der Waals surface area contributed by atoms with Crippen LogP contribution in [-0.4, -0.2) is 72.9 Å². The average Bonchev–Trinajstić information content (AvgIpc) is 2.86. The number of anilines is 5. The third-order valence-corrected chi connectivity index (χ3v) is 11.0. The highest BCUT2D eigenvalue weighted by atomic mass is 35.5. The van der Waals surface area contributed by atoms with Gasteiger partial charge in [0, 0.05) is 37.2 Å². The lowest BCUT2D eigenvalue weighted by Crippen LogP contribution is -2.36. The number of methoxy groups -OCH3 is 1. The van der Waals surface area contributed by atoms with Crippen LogP contribution in [0.1, 0.15) is 13.8 Å². The number of aromatic nitrogens is 3. The van der Waals surface area contributed by atoms with E-state index in [9.17, 15) is 13.3 Å². The molecular weight excluding hydrogens is 535 g/mol. The largest absolute Gasteiger partial charge is 0.494 e. The van der Waals surface area contributed by atoms with Gasteiger partial charge >= 0.3 is 0 Å². The van der Waals surface area contributed by atoms with Crippen molar-refractivity contribution in [2.75, 3.05) is 54.7 Å². The number of nitrogens with one attached hydrogen (secondary N) is 2. The summed E-state index contributed by atoms with van der Waals surface area (Å²) in [6, 6.07) is 12.3. The minimum Gasteiger partial charge on any atom is -0.494 e. The molecular formula is C24H31ClN6O4PS. The summed E-state index contributed by atoms with van der Waals surface area (Å²) in [6.07, 6.45) is 1.61. The molecule has 4 rings (SSSR count). The molecule has 37 heavy (non-hydrogen) atoms. The van der Waals surface area contributed by atoms with Crippen molar-refractivity contribution < 1.29 is 18.0 Å². The van der Waals surface area contributed by atoms with E-state index in [2.05, 4.69) is 30.7 Å². The lowest BCUT2D eigenvalue weighted by Gasteiger charge is -2.38. The van der Waals surface area contributed by atoms with Crippen LogP contribution in [0.15, 0.2) is 47.4 Å². The first-order valence-corrected chi connectivity index (χ1v) is 16.3. The lowest BCUT2D eigenvalue weighted by molar-refractivity contribution is 0.416. The van der Waals surface area contributed by atoms with E-state index >= 15 is 0 Å². The minimum absolute atomic E-state index is 0.00608. The summed E-state index contributed by atoms with van der Waals surface area (Å²) in [7, 11) is -3.75. The first-order chi connectivity index (χ1) is 17.5. The third kappa shape index (κ3) is 6.23. The van der Waals surface area contributed by atoms with Crippen molar-refractivity contribution in [2.24, 2.45) is 0 Å². The van der Waals surface area contributed by atoms with E-state index in [-0.39, 0.29) is 21.8 Å². The van der Waals surface area contributed by atoms with Gasteiger partial charge in [-0.05, 0) is 52.3 Å². The molecule has 2 heterocycles. The molecule has 0 amide bonds. The lowest BCUT2D eigenvalue weighted by atomic mass is 10.2. The van der Waals surface area contributed by atoms with Gasteiger partial charge in [-0.3, -0.25) is 0 Å². The maximum Gasteiger partial charge on any atom is 0.249 e. The summed E-state index contributed by atoms with van der Waals surface area (Å²) in [5.41, 5.74) is 1.97. The number of ether oxygens (including phenoxy) is 1. The minimum atomic E-state index is -3.55. The number of hydrogen-bond acceptors (Lipinski definition) is 10. The van der Waals surface area contributed by atoms with E-state index in [1.165, 1.54) is 6.07 Å². The summed E-state index contributed by atoms with van der Waals surface area (Å²) in [4.78, 5) is 17.1. The molecule has 199 valence electrons. The molecule has 0 bridgehead atoms. The van der Waals surface area contributed by atoms with Gasteiger partial charge in [0.1, 0.15) is 5.75 Å². The van der Waals surface area contributed by atoms with E-state index in [0.29, 0.717) is 17.1 Å². The van der Waals surface area contributed by atoms with Crippen LogP contribution in [0.4, 0.5) is 28.8 Å². The first kappa shape index (κ1) is 27.3. The van der Waals surface area contributed by atoms with Crippen LogP contribution in [-0.2, 0) is 9.84 Å². The van der Waals surface area contributed by atoms with E-state index in [1.807, 2.05) is 24.9 Å². The zero-order valence-electron chi connectivity index (χ0n) is 21.1. The normalized spacial score (nSPS) is 15.5. The molecule has 0 unspecified atom stereocenters. The highest BCUT2D eigenvalue weighted by Gasteiger charge is 2.26. The Hall–Kier alpha value is -2.72. The fourth-order valence-electron chi connectivity index (χ4n) is 3.90. The Morgan fingerprint density at radius 1 is 1.08 bits per heavy atom. The fraction of sp³-hybridized carbons (Fsp3) is 0.375. The van der Waals surface area contributed by atoms with Crippen LogP contribution in [0, 0.1) is 0 Å². The van der Waals surface area contributed by atoms with Crippen molar-refractivity contribution in [3.63, 3.8) is 0 Å². The van der Waals surface area contributed by atoms with Gasteiger partial charge in [0.05, 0.1) is 28.6 Å². The van der Waals surface area contributed by atoms with Gasteiger partial charge in [0.15, 0.2) is 20.8 Å². The molecule has 3 aromatic rings. The molecule has 1 saturated heterocycles. The molecule has 1 radical (unpaired) electrons. The third-order valence-electron chi connectivity index (χ3n) is 6.21. The number of halogens is 1. The quantitative estimate of drug-likeness (QED) is 0.334. The van der Waals surface area contributed by atoms with Crippen molar-refractivity contribution in [2.45, 2.75) is 24.0 Å². The van der Waals surface area contributed by atoms with Gasteiger partial charge in [0.25, 0.3) is 0 Å². The Labute approximate surface area is 222 Å². The number of para-hydroxylation sites is 1. The Bertz CT molecular complexity index is 1380. The number of nitrogens with zero attached hydrogens (tertiary/aromatic N) is 4. The topological polar surface area (TPSA) is 130 Å². The molecule has 10 nitrogen and oxygen atoms in total. The molecule has 0 aliphatic carbocycles. The zero-order valence-corrected chi connectivity index (χ0v) is 23.6. The first-order valence-electron chi connectivity index (χ1n) is 11.8. The molecule has 1 aliphatic heterocycles. The van der Waals surface area contributed by atoms with Crippen molar-refractivity contribution in [1.82, 2.24) is 15.2 Å². The Kier molecular flexibility index (Phi) is 8.08. The molecule has 0 saturated carbocycles. The SMILES string of the molecule is COc1cc(N2CC[P](C)(O)CC2)ccc1Nc1nnc(Cl)c(Nc2ccccc2S(=O)(=O)C(C)C)n1. The van der Waals surface area contributed by atoms with Crippen molar-refractivity contribution in [3.05, 3.63) is 47.6 Å². The Balaban J connectivity index is 1.57. The zero-order chi connectivity index (χ0) is 26.8. The number of hydrogen-bond donors (Lipinski definition) is 3. The summed E-state index contributed by atoms with van der Waals surface area (Å²) in [5, 5.41) is 13.5. The molecule has 0 atom stereocenters. The summed E-state index contributed by atoms with van der Waals surface area (Å²) in [5.74, 6) is 0.900. The molecule has 1 aliphatic rings. The number of rotatable bonds is 8. The average molecular weight is 566 g/mol. The summed E-state index contributed by atoms with van der Waals surface area (Å²) >= 11 is 6.24.